The summed E-state index contributed by atoms with van der Waals surface area (Å²) in [6.45, 7) is 0. The lowest BCUT2D eigenvalue weighted by atomic mass is 10.1. The van der Waals surface area contributed by atoms with Gasteiger partial charge in [-0.2, -0.15) is 0 Å². The van der Waals surface area contributed by atoms with Crippen LogP contribution in [-0.4, -0.2) is 33.6 Å². The van der Waals surface area contributed by atoms with Crippen molar-refractivity contribution in [2.45, 2.75) is 0 Å². The van der Waals surface area contributed by atoms with Gasteiger partial charge in [0.2, 0.25) is 11.5 Å². The third kappa shape index (κ3) is 3.22. The molecule has 3 rings (SSSR count). The van der Waals surface area contributed by atoms with Gasteiger partial charge in [-0.25, -0.2) is 0 Å². The maximum absolute atomic E-state index is 5.55. The summed E-state index contributed by atoms with van der Waals surface area (Å²) < 4.78 is 28.3. The second-order valence-corrected chi connectivity index (χ2v) is 6.23. The molecule has 0 aliphatic heterocycles. The Morgan fingerprint density at radius 2 is 1.46 bits per heavy atom. The normalized spacial score (nSPS) is 10.5. The van der Waals surface area contributed by atoms with E-state index < -0.39 is 0 Å². The Hall–Kier alpha value is -2.67. The Bertz CT molecular complexity index is 905. The summed E-state index contributed by atoms with van der Waals surface area (Å²) in [6.07, 6.45) is 0. The standard InChI is InChI=1S/C19H18BrNO5/c1-22-16-9-13(17(23-2)19(25-4)18(16)24-3)14-10-15(26-21-14)11-5-7-12(20)8-6-11/h5-10H,1-4H3. The van der Waals surface area contributed by atoms with Gasteiger partial charge >= 0.3 is 0 Å². The lowest BCUT2D eigenvalue weighted by Crippen LogP contribution is -1.99. The molecule has 0 atom stereocenters. The van der Waals surface area contributed by atoms with Gasteiger partial charge in [0, 0.05) is 16.1 Å². The maximum atomic E-state index is 5.55. The topological polar surface area (TPSA) is 63.0 Å². The van der Waals surface area contributed by atoms with Crippen molar-refractivity contribution in [2.75, 3.05) is 28.4 Å². The van der Waals surface area contributed by atoms with Gasteiger partial charge in [0.25, 0.3) is 0 Å². The van der Waals surface area contributed by atoms with E-state index in [1.54, 1.807) is 34.5 Å². The zero-order valence-electron chi connectivity index (χ0n) is 14.8. The molecule has 0 fully saturated rings. The summed E-state index contributed by atoms with van der Waals surface area (Å²) in [7, 11) is 6.20. The second kappa shape index (κ2) is 7.70. The molecule has 136 valence electrons. The van der Waals surface area contributed by atoms with Crippen LogP contribution in [0.3, 0.4) is 0 Å². The Balaban J connectivity index is 2.13. The van der Waals surface area contributed by atoms with Gasteiger partial charge in [-0.15, -0.1) is 0 Å². The number of halogens is 1. The van der Waals surface area contributed by atoms with Crippen LogP contribution in [-0.2, 0) is 0 Å². The van der Waals surface area contributed by atoms with Gasteiger partial charge < -0.3 is 23.5 Å². The molecule has 26 heavy (non-hydrogen) atoms. The van der Waals surface area contributed by atoms with E-state index in [4.69, 9.17) is 23.5 Å². The molecule has 0 N–H and O–H groups in total. The number of hydrogen-bond acceptors (Lipinski definition) is 6. The van der Waals surface area contributed by atoms with Crippen LogP contribution >= 0.6 is 15.9 Å². The molecule has 3 aromatic rings. The van der Waals surface area contributed by atoms with Crippen molar-refractivity contribution in [1.29, 1.82) is 0 Å². The zero-order valence-corrected chi connectivity index (χ0v) is 16.4. The number of nitrogens with zero attached hydrogens (tertiary/aromatic N) is 1. The number of rotatable bonds is 6. The molecule has 0 saturated heterocycles. The highest BCUT2D eigenvalue weighted by Gasteiger charge is 2.24. The van der Waals surface area contributed by atoms with Crippen molar-refractivity contribution in [1.82, 2.24) is 5.16 Å². The van der Waals surface area contributed by atoms with Crippen LogP contribution in [0.25, 0.3) is 22.6 Å². The first kappa shape index (κ1) is 18.1. The summed E-state index contributed by atoms with van der Waals surface area (Å²) in [4.78, 5) is 0. The molecule has 7 heteroatoms. The van der Waals surface area contributed by atoms with Crippen molar-refractivity contribution in [2.24, 2.45) is 0 Å². The Labute approximate surface area is 159 Å². The molecular weight excluding hydrogens is 402 g/mol. The van der Waals surface area contributed by atoms with Crippen LogP contribution in [0.2, 0.25) is 0 Å². The first-order chi connectivity index (χ1) is 12.6. The Morgan fingerprint density at radius 1 is 0.808 bits per heavy atom. The first-order valence-corrected chi connectivity index (χ1v) is 8.52. The number of hydrogen-bond donors (Lipinski definition) is 0. The molecule has 0 aliphatic rings. The van der Waals surface area contributed by atoms with E-state index in [-0.39, 0.29) is 0 Å². The van der Waals surface area contributed by atoms with Crippen molar-refractivity contribution in [3.05, 3.63) is 40.9 Å². The third-order valence-corrected chi connectivity index (χ3v) is 4.43. The van der Waals surface area contributed by atoms with Crippen LogP contribution in [0.4, 0.5) is 0 Å². The van der Waals surface area contributed by atoms with E-state index >= 15 is 0 Å². The summed E-state index contributed by atoms with van der Waals surface area (Å²) in [5.74, 6) is 2.52. The summed E-state index contributed by atoms with van der Waals surface area (Å²) in [5.41, 5.74) is 2.19. The van der Waals surface area contributed by atoms with E-state index in [1.807, 2.05) is 30.3 Å². The molecule has 0 amide bonds. The average molecular weight is 420 g/mol. The van der Waals surface area contributed by atoms with E-state index in [9.17, 15) is 0 Å². The Kier molecular flexibility index (Phi) is 5.37. The van der Waals surface area contributed by atoms with E-state index in [1.165, 1.54) is 0 Å². The van der Waals surface area contributed by atoms with E-state index in [2.05, 4.69) is 21.1 Å². The highest BCUT2D eigenvalue weighted by molar-refractivity contribution is 9.10. The minimum Gasteiger partial charge on any atom is -0.493 e. The molecule has 0 aliphatic carbocycles. The SMILES string of the molecule is COc1cc(-c2cc(-c3ccc(Br)cc3)on2)c(OC)c(OC)c1OC. The fourth-order valence-electron chi connectivity index (χ4n) is 2.68. The van der Waals surface area contributed by atoms with Gasteiger partial charge in [0.05, 0.1) is 34.0 Å². The largest absolute Gasteiger partial charge is 0.493 e. The fourth-order valence-corrected chi connectivity index (χ4v) is 2.94. The predicted molar refractivity (Wildman–Crippen MR) is 101 cm³/mol. The van der Waals surface area contributed by atoms with Gasteiger partial charge in [0.15, 0.2) is 17.3 Å². The van der Waals surface area contributed by atoms with E-state index in [0.29, 0.717) is 40.0 Å². The quantitative estimate of drug-likeness (QED) is 0.571. The molecule has 0 spiro atoms. The number of benzene rings is 2. The average Bonchev–Trinajstić information content (AvgIpc) is 3.16. The molecule has 2 aromatic carbocycles. The van der Waals surface area contributed by atoms with Crippen LogP contribution in [0, 0.1) is 0 Å². The Morgan fingerprint density at radius 3 is 2.04 bits per heavy atom. The van der Waals surface area contributed by atoms with Gasteiger partial charge in [-0.3, -0.25) is 0 Å². The maximum Gasteiger partial charge on any atom is 0.207 e. The number of methoxy groups -OCH3 is 4. The lowest BCUT2D eigenvalue weighted by Gasteiger charge is -2.17. The van der Waals surface area contributed by atoms with Gasteiger partial charge in [-0.1, -0.05) is 33.2 Å². The molecule has 1 heterocycles. The smallest absolute Gasteiger partial charge is 0.207 e. The van der Waals surface area contributed by atoms with Crippen molar-refractivity contribution >= 4 is 15.9 Å². The zero-order chi connectivity index (χ0) is 18.7. The summed E-state index contributed by atoms with van der Waals surface area (Å²) in [5, 5.41) is 4.18. The number of ether oxygens (including phenoxy) is 4. The van der Waals surface area contributed by atoms with Crippen LogP contribution in [0.1, 0.15) is 0 Å². The van der Waals surface area contributed by atoms with Crippen molar-refractivity contribution in [3.8, 4) is 45.6 Å². The van der Waals surface area contributed by atoms with Crippen molar-refractivity contribution in [3.63, 3.8) is 0 Å². The first-order valence-electron chi connectivity index (χ1n) is 7.72. The van der Waals surface area contributed by atoms with Gasteiger partial charge in [0.1, 0.15) is 5.69 Å². The third-order valence-electron chi connectivity index (χ3n) is 3.90. The minimum atomic E-state index is 0.428. The summed E-state index contributed by atoms with van der Waals surface area (Å²) in [6, 6.07) is 11.4. The monoisotopic (exact) mass is 419 g/mol. The molecule has 0 unspecified atom stereocenters. The highest BCUT2D eigenvalue weighted by Crippen LogP contribution is 2.50. The second-order valence-electron chi connectivity index (χ2n) is 5.31. The predicted octanol–water partition coefficient (Wildman–Crippen LogP) is 4.81. The minimum absolute atomic E-state index is 0.428. The lowest BCUT2D eigenvalue weighted by molar-refractivity contribution is 0.306. The van der Waals surface area contributed by atoms with Gasteiger partial charge in [-0.05, 0) is 18.2 Å². The highest BCUT2D eigenvalue weighted by atomic mass is 79.9. The van der Waals surface area contributed by atoms with Crippen molar-refractivity contribution < 1.29 is 23.5 Å². The summed E-state index contributed by atoms with van der Waals surface area (Å²) >= 11 is 3.42. The van der Waals surface area contributed by atoms with E-state index in [0.717, 1.165) is 10.0 Å². The van der Waals surface area contributed by atoms with Crippen LogP contribution < -0.4 is 18.9 Å². The number of aromatic nitrogens is 1. The fraction of sp³-hybridized carbons (Fsp3) is 0.211. The molecule has 6 nitrogen and oxygen atoms in total. The molecule has 0 radical (unpaired) electrons. The molecule has 0 bridgehead atoms. The van der Waals surface area contributed by atoms with Crippen LogP contribution in [0.15, 0.2) is 45.4 Å². The molecule has 0 saturated carbocycles. The van der Waals surface area contributed by atoms with Crippen LogP contribution in [0.5, 0.6) is 23.0 Å². The molecular formula is C19H18BrNO5. The molecule has 1 aromatic heterocycles.